The molecule has 140 valence electrons. The van der Waals surface area contributed by atoms with Crippen molar-refractivity contribution < 1.29 is 24.2 Å². The fraction of sp³-hybridized carbons (Fsp3) is 0.800. The van der Waals surface area contributed by atoms with Crippen LogP contribution in [0.15, 0.2) is 11.1 Å². The Bertz CT molecular complexity index is 644. The molecule has 1 saturated heterocycles. The van der Waals surface area contributed by atoms with Gasteiger partial charge in [0.15, 0.2) is 11.4 Å². The minimum absolute atomic E-state index is 0.112. The molecule has 1 heterocycles. The van der Waals surface area contributed by atoms with Crippen molar-refractivity contribution >= 4 is 11.8 Å². The molecule has 3 aliphatic rings. The normalized spacial score (nSPS) is 46.4. The van der Waals surface area contributed by atoms with Crippen LogP contribution >= 0.6 is 0 Å². The molecule has 0 unspecified atom stereocenters. The van der Waals surface area contributed by atoms with Gasteiger partial charge in [0.2, 0.25) is 0 Å². The molecule has 3 fully saturated rings. The van der Waals surface area contributed by atoms with Crippen LogP contribution < -0.4 is 0 Å². The maximum absolute atomic E-state index is 12.5. The molecular formula is C20H30O5. The van der Waals surface area contributed by atoms with Crippen molar-refractivity contribution in [1.29, 1.82) is 0 Å². The van der Waals surface area contributed by atoms with E-state index in [1.54, 1.807) is 13.8 Å². The fourth-order valence-corrected chi connectivity index (χ4v) is 4.77. The van der Waals surface area contributed by atoms with E-state index in [2.05, 4.69) is 6.92 Å². The van der Waals surface area contributed by atoms with Crippen molar-refractivity contribution in [2.75, 3.05) is 0 Å². The zero-order chi connectivity index (χ0) is 18.8. The first-order valence-corrected chi connectivity index (χ1v) is 9.22. The third-order valence-corrected chi connectivity index (χ3v) is 6.88. The third kappa shape index (κ3) is 2.85. The molecule has 2 saturated carbocycles. The highest BCUT2D eigenvalue weighted by Gasteiger charge is 2.61. The average molecular weight is 350 g/mol. The predicted octanol–water partition coefficient (Wildman–Crippen LogP) is 2.94. The summed E-state index contributed by atoms with van der Waals surface area (Å²) in [6.07, 6.45) is 1.60. The van der Waals surface area contributed by atoms with E-state index >= 15 is 0 Å². The van der Waals surface area contributed by atoms with Crippen molar-refractivity contribution in [3.63, 3.8) is 0 Å². The van der Waals surface area contributed by atoms with Gasteiger partial charge in [-0.3, -0.25) is 4.79 Å². The molecule has 2 aliphatic carbocycles. The number of ketones is 1. The van der Waals surface area contributed by atoms with Crippen molar-refractivity contribution in [3.8, 4) is 0 Å². The number of rotatable bonds is 2. The lowest BCUT2D eigenvalue weighted by atomic mass is 9.53. The van der Waals surface area contributed by atoms with Crippen LogP contribution in [0.25, 0.3) is 0 Å². The van der Waals surface area contributed by atoms with Crippen LogP contribution in [0.4, 0.5) is 0 Å². The number of carbonyl (C=O) groups is 2. The second-order valence-corrected chi connectivity index (χ2v) is 9.01. The minimum atomic E-state index is -1.17. The summed E-state index contributed by atoms with van der Waals surface area (Å²) in [6.45, 7) is 11.3. The lowest BCUT2D eigenvalue weighted by Crippen LogP contribution is -2.60. The Kier molecular flexibility index (Phi) is 4.20. The SMILES string of the molecule is CC(C)=C1C[C@H]2[C@@](C)(CC[C@H](OC(=O)[C@]3(C)O[C@@H]3C)[C@]2(C)O)CC1=O. The van der Waals surface area contributed by atoms with Crippen LogP contribution in [-0.2, 0) is 19.1 Å². The summed E-state index contributed by atoms with van der Waals surface area (Å²) in [5.41, 5.74) is -0.478. The number of hydrogen-bond acceptors (Lipinski definition) is 5. The highest BCUT2D eigenvalue weighted by Crippen LogP contribution is 2.55. The Balaban J connectivity index is 1.84. The van der Waals surface area contributed by atoms with Gasteiger partial charge in [0.25, 0.3) is 0 Å². The van der Waals surface area contributed by atoms with Gasteiger partial charge in [0.05, 0.1) is 6.10 Å². The Labute approximate surface area is 149 Å². The van der Waals surface area contributed by atoms with Gasteiger partial charge in [0.1, 0.15) is 11.7 Å². The van der Waals surface area contributed by atoms with Gasteiger partial charge >= 0.3 is 5.97 Å². The summed E-state index contributed by atoms with van der Waals surface area (Å²) in [5.74, 6) is -0.319. The topological polar surface area (TPSA) is 76.1 Å². The van der Waals surface area contributed by atoms with Gasteiger partial charge < -0.3 is 14.6 Å². The van der Waals surface area contributed by atoms with Gasteiger partial charge in [0, 0.05) is 12.3 Å². The molecule has 0 bridgehead atoms. The average Bonchev–Trinajstić information content (AvgIpc) is 3.10. The predicted molar refractivity (Wildman–Crippen MR) is 92.9 cm³/mol. The van der Waals surface area contributed by atoms with Gasteiger partial charge in [-0.05, 0) is 64.9 Å². The standard InChI is InChI=1S/C20H30O5/c1-11(2)13-9-15-18(4,10-14(13)21)8-7-16(19(15,5)23)24-17(22)20(6)12(3)25-20/h12,15-16,23H,7-10H2,1-6H3/t12-,15+,16+,18+,19-,20-/m1/s1. The minimum Gasteiger partial charge on any atom is -0.457 e. The van der Waals surface area contributed by atoms with E-state index in [-0.39, 0.29) is 23.2 Å². The van der Waals surface area contributed by atoms with E-state index in [1.165, 1.54) is 0 Å². The number of hydrogen-bond donors (Lipinski definition) is 1. The first-order chi connectivity index (χ1) is 11.4. The van der Waals surface area contributed by atoms with Crippen molar-refractivity contribution in [3.05, 3.63) is 11.1 Å². The second-order valence-electron chi connectivity index (χ2n) is 9.01. The van der Waals surface area contributed by atoms with Crippen LogP contribution in [-0.4, -0.2) is 40.3 Å². The van der Waals surface area contributed by atoms with Crippen molar-refractivity contribution in [2.24, 2.45) is 11.3 Å². The molecule has 0 aromatic rings. The summed E-state index contributed by atoms with van der Waals surface area (Å²) in [5, 5.41) is 11.3. The number of Topliss-reactive ketones (excluding diaryl/α,β-unsaturated/α-hetero) is 1. The van der Waals surface area contributed by atoms with E-state index < -0.39 is 23.3 Å². The molecule has 5 heteroatoms. The van der Waals surface area contributed by atoms with E-state index in [1.807, 2.05) is 20.8 Å². The van der Waals surface area contributed by atoms with Crippen LogP contribution in [0.5, 0.6) is 0 Å². The number of fused-ring (bicyclic) bond motifs is 1. The van der Waals surface area contributed by atoms with E-state index in [4.69, 9.17) is 9.47 Å². The monoisotopic (exact) mass is 350 g/mol. The smallest absolute Gasteiger partial charge is 0.341 e. The number of esters is 1. The van der Waals surface area contributed by atoms with Crippen LogP contribution in [0.3, 0.4) is 0 Å². The summed E-state index contributed by atoms with van der Waals surface area (Å²) in [6, 6.07) is 0. The van der Waals surface area contributed by atoms with Gasteiger partial charge in [-0.25, -0.2) is 4.79 Å². The van der Waals surface area contributed by atoms with Gasteiger partial charge in [-0.1, -0.05) is 12.5 Å². The van der Waals surface area contributed by atoms with Crippen LogP contribution in [0, 0.1) is 11.3 Å². The summed E-state index contributed by atoms with van der Waals surface area (Å²) >= 11 is 0. The van der Waals surface area contributed by atoms with E-state index in [0.29, 0.717) is 19.3 Å². The van der Waals surface area contributed by atoms with E-state index in [0.717, 1.165) is 17.6 Å². The fourth-order valence-electron chi connectivity index (χ4n) is 4.77. The Hall–Kier alpha value is -1.20. The molecule has 1 N–H and O–H groups in total. The molecule has 0 amide bonds. The number of aliphatic hydroxyl groups is 1. The van der Waals surface area contributed by atoms with Crippen LogP contribution in [0.2, 0.25) is 0 Å². The number of allylic oxidation sites excluding steroid dienone is 2. The zero-order valence-electron chi connectivity index (χ0n) is 16.1. The Morgan fingerprint density at radius 3 is 2.40 bits per heavy atom. The highest BCUT2D eigenvalue weighted by molar-refractivity contribution is 5.97. The summed E-state index contributed by atoms with van der Waals surface area (Å²) < 4.78 is 11.1. The molecule has 0 spiro atoms. The lowest BCUT2D eigenvalue weighted by molar-refractivity contribution is -0.202. The molecule has 5 nitrogen and oxygen atoms in total. The first-order valence-electron chi connectivity index (χ1n) is 9.22. The Morgan fingerprint density at radius 2 is 1.88 bits per heavy atom. The highest BCUT2D eigenvalue weighted by atomic mass is 16.7. The number of carbonyl (C=O) groups excluding carboxylic acids is 2. The Morgan fingerprint density at radius 1 is 1.28 bits per heavy atom. The zero-order valence-corrected chi connectivity index (χ0v) is 16.1. The first kappa shape index (κ1) is 18.6. The molecular weight excluding hydrogens is 320 g/mol. The van der Waals surface area contributed by atoms with Crippen LogP contribution in [0.1, 0.15) is 67.2 Å². The van der Waals surface area contributed by atoms with Crippen molar-refractivity contribution in [2.45, 2.75) is 90.6 Å². The van der Waals surface area contributed by atoms with Crippen molar-refractivity contribution in [1.82, 2.24) is 0 Å². The summed E-state index contributed by atoms with van der Waals surface area (Å²) in [7, 11) is 0. The second kappa shape index (κ2) is 5.65. The molecule has 0 aromatic carbocycles. The molecule has 6 atom stereocenters. The molecule has 25 heavy (non-hydrogen) atoms. The van der Waals surface area contributed by atoms with Gasteiger partial charge in [-0.2, -0.15) is 0 Å². The molecule has 0 radical (unpaired) electrons. The maximum atomic E-state index is 12.5. The number of ether oxygens (including phenoxy) is 2. The lowest BCUT2D eigenvalue weighted by Gasteiger charge is -2.55. The molecule has 3 rings (SSSR count). The largest absolute Gasteiger partial charge is 0.457 e. The molecule has 1 aliphatic heterocycles. The maximum Gasteiger partial charge on any atom is 0.341 e. The third-order valence-electron chi connectivity index (χ3n) is 6.88. The molecule has 0 aromatic heterocycles. The van der Waals surface area contributed by atoms with E-state index in [9.17, 15) is 14.7 Å². The quantitative estimate of drug-likeness (QED) is 0.471. The summed E-state index contributed by atoms with van der Waals surface area (Å²) in [4.78, 5) is 24.9. The van der Waals surface area contributed by atoms with Gasteiger partial charge in [-0.15, -0.1) is 0 Å². The number of epoxide rings is 1.